The van der Waals surface area contributed by atoms with Crippen LogP contribution in [-0.2, 0) is 14.1 Å². The number of carbonyl (C=O) groups is 1. The minimum absolute atomic E-state index is 0.0646. The van der Waals surface area contributed by atoms with Crippen LogP contribution in [0.5, 0.6) is 0 Å². The Morgan fingerprint density at radius 2 is 1.82 bits per heavy atom. The maximum atomic E-state index is 12.7. The first-order chi connectivity index (χ1) is 16.1. The molecule has 4 heteroatoms. The number of carbonyl (C=O) groups excluding carboxylic acids is 1. The second kappa shape index (κ2) is 7.65. The van der Waals surface area contributed by atoms with Gasteiger partial charge in [0.05, 0.1) is 12.2 Å². The van der Waals surface area contributed by atoms with Crippen LogP contribution in [0.15, 0.2) is 59.2 Å². The van der Waals surface area contributed by atoms with E-state index in [0.717, 1.165) is 50.4 Å². The molecule has 6 rings (SSSR count). The van der Waals surface area contributed by atoms with Gasteiger partial charge < -0.3 is 9.30 Å². The van der Waals surface area contributed by atoms with Crippen LogP contribution in [0.3, 0.4) is 0 Å². The molecule has 34 heavy (non-hydrogen) atoms. The maximum absolute atomic E-state index is 12.7. The summed E-state index contributed by atoms with van der Waals surface area (Å²) in [5, 5.41) is 0.947. The van der Waals surface area contributed by atoms with E-state index in [1.54, 1.807) is 5.57 Å². The minimum Gasteiger partial charge on any atom is -0.370 e. The van der Waals surface area contributed by atoms with Crippen molar-refractivity contribution in [2.75, 3.05) is 19.9 Å². The van der Waals surface area contributed by atoms with Gasteiger partial charge in [0.15, 0.2) is 5.78 Å². The molecule has 5 aliphatic rings. The molecule has 5 atom stereocenters. The third kappa shape index (κ3) is 3.12. The molecule has 3 fully saturated rings. The van der Waals surface area contributed by atoms with Gasteiger partial charge in [-0.1, -0.05) is 43.3 Å². The highest BCUT2D eigenvalue weighted by Gasteiger charge is 2.65. The molecule has 1 heterocycles. The highest BCUT2D eigenvalue weighted by molar-refractivity contribution is 7.70. The quantitative estimate of drug-likeness (QED) is 0.359. The van der Waals surface area contributed by atoms with Crippen molar-refractivity contribution in [3.05, 3.63) is 64.8 Å². The number of ether oxygens (including phenoxy) is 1. The number of rotatable bonds is 2. The maximum Gasteiger partial charge on any atom is 0.156 e. The van der Waals surface area contributed by atoms with Crippen molar-refractivity contribution in [2.45, 2.75) is 69.8 Å². The lowest BCUT2D eigenvalue weighted by atomic mass is 9.50. The van der Waals surface area contributed by atoms with Crippen LogP contribution < -0.4 is 5.30 Å². The number of hydrogen-bond acceptors (Lipinski definition) is 3. The second-order valence-electron chi connectivity index (χ2n) is 12.0. The first kappa shape index (κ1) is 22.7. The smallest absolute Gasteiger partial charge is 0.156 e. The fraction of sp³-hybridized carbons (Fsp3) is 0.567. The number of allylic oxidation sites excluding steroid dienone is 4. The molecule has 1 aromatic rings. The molecule has 2 saturated carbocycles. The Bertz CT molecular complexity index is 1180. The highest BCUT2D eigenvalue weighted by atomic mass is 31.2. The van der Waals surface area contributed by atoms with Gasteiger partial charge in [-0.25, -0.2) is 0 Å². The summed E-state index contributed by atoms with van der Waals surface area (Å²) in [6.07, 6.45) is 9.97. The fourth-order valence-electron chi connectivity index (χ4n) is 8.48. The SMILES string of the molecule is C=C1CCO[C@]12CC[C@H]1[C@@H]3CCC4=CC(=O)CCC4=C3[C@@H](c3ccc(P(C)(C)=O)cc3)C[C@@]12C. The third-order valence-corrected chi connectivity index (χ3v) is 11.6. The van der Waals surface area contributed by atoms with E-state index in [9.17, 15) is 9.36 Å². The summed E-state index contributed by atoms with van der Waals surface area (Å²) < 4.78 is 19.3. The predicted molar refractivity (Wildman–Crippen MR) is 138 cm³/mol. The molecule has 3 nitrogen and oxygen atoms in total. The Kier molecular flexibility index (Phi) is 5.12. The Labute approximate surface area is 204 Å². The van der Waals surface area contributed by atoms with Gasteiger partial charge >= 0.3 is 0 Å². The van der Waals surface area contributed by atoms with Gasteiger partial charge in [0.25, 0.3) is 0 Å². The lowest BCUT2D eigenvalue weighted by Crippen LogP contribution is -2.52. The molecule has 1 spiro atoms. The molecule has 0 amide bonds. The molecule has 0 bridgehead atoms. The second-order valence-corrected chi connectivity index (χ2v) is 15.2. The Balaban J connectivity index is 1.51. The van der Waals surface area contributed by atoms with Crippen molar-refractivity contribution in [1.82, 2.24) is 0 Å². The Morgan fingerprint density at radius 3 is 2.50 bits per heavy atom. The van der Waals surface area contributed by atoms with E-state index in [1.165, 1.54) is 28.7 Å². The van der Waals surface area contributed by atoms with Crippen LogP contribution in [0.25, 0.3) is 0 Å². The first-order valence-corrected chi connectivity index (χ1v) is 15.7. The average molecular weight is 477 g/mol. The van der Waals surface area contributed by atoms with Crippen molar-refractivity contribution >= 4 is 18.2 Å². The molecule has 180 valence electrons. The van der Waals surface area contributed by atoms with Crippen LogP contribution >= 0.6 is 7.14 Å². The van der Waals surface area contributed by atoms with Gasteiger partial charge in [0, 0.05) is 23.1 Å². The van der Waals surface area contributed by atoms with Crippen molar-refractivity contribution in [2.24, 2.45) is 17.3 Å². The summed E-state index contributed by atoms with van der Waals surface area (Å²) in [6.45, 7) is 11.5. The summed E-state index contributed by atoms with van der Waals surface area (Å²) >= 11 is 0. The highest BCUT2D eigenvalue weighted by Crippen LogP contribution is 2.70. The van der Waals surface area contributed by atoms with E-state index in [2.05, 4.69) is 37.8 Å². The van der Waals surface area contributed by atoms with E-state index in [1.807, 2.05) is 19.4 Å². The van der Waals surface area contributed by atoms with E-state index >= 15 is 0 Å². The standard InChI is InChI=1S/C30H37O3P/c1-19-14-16-33-30(19)15-13-27-25-11-7-21-17-22(31)8-12-24(21)28(25)26(18-29(27,30)2)20-5-9-23(10-6-20)34(3,4)32/h5-6,9-10,17,25-27H,1,7-8,11-16,18H2,2-4H3/t25-,26+,27-,29-,30+/m0/s1. The van der Waals surface area contributed by atoms with Crippen molar-refractivity contribution in [3.8, 4) is 0 Å². The molecular weight excluding hydrogens is 439 g/mol. The first-order valence-electron chi connectivity index (χ1n) is 13.1. The van der Waals surface area contributed by atoms with Crippen LogP contribution in [0.1, 0.15) is 69.8 Å². The van der Waals surface area contributed by atoms with Crippen molar-refractivity contribution in [3.63, 3.8) is 0 Å². The number of hydrogen-bond donors (Lipinski definition) is 0. The monoisotopic (exact) mass is 476 g/mol. The predicted octanol–water partition coefficient (Wildman–Crippen LogP) is 6.55. The Hall–Kier alpha value is -1.70. The zero-order valence-corrected chi connectivity index (χ0v) is 21.8. The molecule has 1 aliphatic heterocycles. The van der Waals surface area contributed by atoms with Crippen molar-refractivity contribution in [1.29, 1.82) is 0 Å². The molecule has 0 unspecified atom stereocenters. The van der Waals surface area contributed by atoms with Gasteiger partial charge in [0.1, 0.15) is 7.14 Å². The molecule has 0 N–H and O–H groups in total. The fourth-order valence-corrected chi connectivity index (χ4v) is 9.35. The van der Waals surface area contributed by atoms with Crippen LogP contribution in [0.2, 0.25) is 0 Å². The van der Waals surface area contributed by atoms with E-state index in [4.69, 9.17) is 4.74 Å². The average Bonchev–Trinajstić information content (AvgIpc) is 3.32. The van der Waals surface area contributed by atoms with Gasteiger partial charge in [-0.3, -0.25) is 4.79 Å². The topological polar surface area (TPSA) is 43.4 Å². The summed E-state index contributed by atoms with van der Waals surface area (Å²) in [5.74, 6) is 1.75. The summed E-state index contributed by atoms with van der Waals surface area (Å²) in [4.78, 5) is 12.2. The summed E-state index contributed by atoms with van der Waals surface area (Å²) in [7, 11) is -2.29. The van der Waals surface area contributed by atoms with Gasteiger partial charge in [-0.15, -0.1) is 0 Å². The number of benzene rings is 1. The largest absolute Gasteiger partial charge is 0.370 e. The number of ketones is 1. The molecule has 0 aromatic heterocycles. The zero-order chi connectivity index (χ0) is 23.9. The van der Waals surface area contributed by atoms with Gasteiger partial charge in [-0.05, 0) is 98.5 Å². The lowest BCUT2D eigenvalue weighted by Gasteiger charge is -2.55. The molecule has 1 aromatic carbocycles. The molecule has 0 radical (unpaired) electrons. The van der Waals surface area contributed by atoms with Crippen molar-refractivity contribution < 1.29 is 14.1 Å². The normalized spacial score (nSPS) is 37.5. The molecule has 1 saturated heterocycles. The molecule has 4 aliphatic carbocycles. The summed E-state index contributed by atoms with van der Waals surface area (Å²) in [6, 6.07) is 8.63. The lowest BCUT2D eigenvalue weighted by molar-refractivity contribution is -0.114. The van der Waals surface area contributed by atoms with Crippen LogP contribution in [0.4, 0.5) is 0 Å². The van der Waals surface area contributed by atoms with Crippen LogP contribution in [0, 0.1) is 17.3 Å². The Morgan fingerprint density at radius 1 is 1.06 bits per heavy atom. The van der Waals surface area contributed by atoms with E-state index in [0.29, 0.717) is 24.2 Å². The van der Waals surface area contributed by atoms with E-state index in [-0.39, 0.29) is 16.8 Å². The van der Waals surface area contributed by atoms with Crippen LogP contribution in [-0.4, -0.2) is 31.3 Å². The minimum atomic E-state index is -2.29. The van der Waals surface area contributed by atoms with Gasteiger partial charge in [0.2, 0.25) is 0 Å². The number of fused-ring (bicyclic) bond motifs is 5. The summed E-state index contributed by atoms with van der Waals surface area (Å²) in [5.41, 5.74) is 6.90. The third-order valence-electron chi connectivity index (χ3n) is 10.1. The van der Waals surface area contributed by atoms with Gasteiger partial charge in [-0.2, -0.15) is 0 Å². The molecular formula is C30H37O3P. The van der Waals surface area contributed by atoms with E-state index < -0.39 is 7.14 Å². The zero-order valence-electron chi connectivity index (χ0n) is 20.9.